The molecule has 0 aliphatic carbocycles. The first-order valence-corrected chi connectivity index (χ1v) is 6.17. The van der Waals surface area contributed by atoms with Gasteiger partial charge in [-0.15, -0.1) is 0 Å². The maximum atomic E-state index is 12.0. The Kier molecular flexibility index (Phi) is 4.69. The van der Waals surface area contributed by atoms with Gasteiger partial charge in [-0.05, 0) is 32.4 Å². The van der Waals surface area contributed by atoms with Crippen molar-refractivity contribution in [2.45, 2.75) is 32.8 Å². The number of rotatable bonds is 5. The number of hydrogen-bond acceptors (Lipinski definition) is 2. The lowest BCUT2D eigenvalue weighted by Gasteiger charge is -2.23. The molecule has 1 aromatic rings. The number of ether oxygens (including phenoxy) is 1. The van der Waals surface area contributed by atoms with Crippen LogP contribution >= 0.6 is 15.9 Å². The molecule has 0 atom stereocenters. The predicted octanol–water partition coefficient (Wildman–Crippen LogP) is 3.38. The highest BCUT2D eigenvalue weighted by atomic mass is 79.9. The Labute approximate surface area is 105 Å². The summed E-state index contributed by atoms with van der Waals surface area (Å²) in [6, 6.07) is 7.76. The Morgan fingerprint density at radius 2 is 2.00 bits per heavy atom. The van der Waals surface area contributed by atoms with E-state index < -0.39 is 5.60 Å². The molecule has 0 bridgehead atoms. The van der Waals surface area contributed by atoms with Crippen molar-refractivity contribution in [3.8, 4) is 0 Å². The van der Waals surface area contributed by atoms with Crippen LogP contribution in [-0.2, 0) is 16.0 Å². The summed E-state index contributed by atoms with van der Waals surface area (Å²) in [5, 5.41) is 0. The van der Waals surface area contributed by atoms with Gasteiger partial charge in [0.25, 0.3) is 0 Å². The summed E-state index contributed by atoms with van der Waals surface area (Å²) < 4.78 is 6.41. The van der Waals surface area contributed by atoms with E-state index in [-0.39, 0.29) is 5.78 Å². The van der Waals surface area contributed by atoms with Gasteiger partial charge in [-0.25, -0.2) is 0 Å². The van der Waals surface area contributed by atoms with Gasteiger partial charge in [-0.2, -0.15) is 0 Å². The SMILES string of the molecule is CCOC(C)(C)C(=O)Cc1ccccc1Br. The summed E-state index contributed by atoms with van der Waals surface area (Å²) in [4.78, 5) is 12.0. The minimum atomic E-state index is -0.704. The van der Waals surface area contributed by atoms with E-state index in [9.17, 15) is 4.79 Å². The Bertz CT molecular complexity index is 372. The number of hydrogen-bond donors (Lipinski definition) is 0. The lowest BCUT2D eigenvalue weighted by atomic mass is 9.97. The largest absolute Gasteiger partial charge is 0.368 e. The van der Waals surface area contributed by atoms with Crippen LogP contribution in [0.1, 0.15) is 26.3 Å². The average Bonchev–Trinajstić information content (AvgIpc) is 2.21. The number of halogens is 1. The molecule has 0 fully saturated rings. The van der Waals surface area contributed by atoms with Crippen LogP contribution in [0.25, 0.3) is 0 Å². The molecule has 0 saturated heterocycles. The van der Waals surface area contributed by atoms with Crippen molar-refractivity contribution in [1.82, 2.24) is 0 Å². The summed E-state index contributed by atoms with van der Waals surface area (Å²) in [5.74, 6) is 0.0984. The Hall–Kier alpha value is -0.670. The lowest BCUT2D eigenvalue weighted by molar-refractivity contribution is -0.139. The molecule has 0 radical (unpaired) electrons. The zero-order valence-electron chi connectivity index (χ0n) is 9.92. The van der Waals surface area contributed by atoms with Crippen molar-refractivity contribution in [3.05, 3.63) is 34.3 Å². The highest BCUT2D eigenvalue weighted by Gasteiger charge is 2.27. The van der Waals surface area contributed by atoms with Crippen LogP contribution in [0.4, 0.5) is 0 Å². The van der Waals surface area contributed by atoms with Gasteiger partial charge in [0.2, 0.25) is 0 Å². The first-order valence-electron chi connectivity index (χ1n) is 5.38. The molecule has 0 amide bonds. The Morgan fingerprint density at radius 1 is 1.38 bits per heavy atom. The molecule has 0 aromatic heterocycles. The molecule has 0 saturated carbocycles. The fourth-order valence-corrected chi connectivity index (χ4v) is 1.89. The fourth-order valence-electron chi connectivity index (χ4n) is 1.47. The molecule has 0 unspecified atom stereocenters. The fraction of sp³-hybridized carbons (Fsp3) is 0.462. The first-order chi connectivity index (χ1) is 7.47. The molecule has 16 heavy (non-hydrogen) atoms. The normalized spacial score (nSPS) is 11.5. The Morgan fingerprint density at radius 3 is 2.56 bits per heavy atom. The van der Waals surface area contributed by atoms with Gasteiger partial charge in [0.15, 0.2) is 5.78 Å². The number of carbonyl (C=O) groups is 1. The third-order valence-electron chi connectivity index (χ3n) is 2.49. The molecule has 1 aromatic carbocycles. The summed E-state index contributed by atoms with van der Waals surface area (Å²) in [6.07, 6.45) is 0.397. The van der Waals surface area contributed by atoms with E-state index in [4.69, 9.17) is 4.74 Å². The van der Waals surface area contributed by atoms with Gasteiger partial charge < -0.3 is 4.74 Å². The second-order valence-corrected chi connectivity index (χ2v) is 4.99. The number of benzene rings is 1. The van der Waals surface area contributed by atoms with Crippen molar-refractivity contribution in [3.63, 3.8) is 0 Å². The van der Waals surface area contributed by atoms with E-state index in [2.05, 4.69) is 15.9 Å². The molecule has 0 aliphatic heterocycles. The summed E-state index contributed by atoms with van der Waals surface area (Å²) in [7, 11) is 0. The second kappa shape index (κ2) is 5.60. The number of ketones is 1. The van der Waals surface area contributed by atoms with Crippen LogP contribution in [0.3, 0.4) is 0 Å². The van der Waals surface area contributed by atoms with E-state index in [1.54, 1.807) is 0 Å². The van der Waals surface area contributed by atoms with E-state index in [0.29, 0.717) is 13.0 Å². The summed E-state index contributed by atoms with van der Waals surface area (Å²) in [5.41, 5.74) is 0.296. The highest BCUT2D eigenvalue weighted by Crippen LogP contribution is 2.20. The van der Waals surface area contributed by atoms with E-state index in [1.807, 2.05) is 45.0 Å². The third kappa shape index (κ3) is 3.42. The lowest BCUT2D eigenvalue weighted by Crippen LogP contribution is -2.36. The molecule has 1 rings (SSSR count). The van der Waals surface area contributed by atoms with Gasteiger partial charge in [-0.3, -0.25) is 4.79 Å². The highest BCUT2D eigenvalue weighted by molar-refractivity contribution is 9.10. The maximum Gasteiger partial charge on any atom is 0.168 e. The predicted molar refractivity (Wildman–Crippen MR) is 68.6 cm³/mol. The van der Waals surface area contributed by atoms with Gasteiger partial charge in [0, 0.05) is 17.5 Å². The van der Waals surface area contributed by atoms with Crippen molar-refractivity contribution in [1.29, 1.82) is 0 Å². The standard InChI is InChI=1S/C13H17BrO2/c1-4-16-13(2,3)12(15)9-10-7-5-6-8-11(10)14/h5-8H,4,9H2,1-3H3. The van der Waals surface area contributed by atoms with Crippen molar-refractivity contribution in [2.75, 3.05) is 6.61 Å². The van der Waals surface area contributed by atoms with Crippen LogP contribution in [0, 0.1) is 0 Å². The average molecular weight is 285 g/mol. The summed E-state index contributed by atoms with van der Waals surface area (Å²) >= 11 is 3.44. The number of carbonyl (C=O) groups excluding carboxylic acids is 1. The molecular weight excluding hydrogens is 268 g/mol. The van der Waals surface area contributed by atoms with E-state index in [1.165, 1.54) is 0 Å². The van der Waals surface area contributed by atoms with Gasteiger partial charge in [0.1, 0.15) is 5.60 Å². The smallest absolute Gasteiger partial charge is 0.168 e. The molecule has 0 aliphatic rings. The van der Waals surface area contributed by atoms with Crippen molar-refractivity contribution < 1.29 is 9.53 Å². The van der Waals surface area contributed by atoms with Crippen LogP contribution < -0.4 is 0 Å². The molecule has 0 spiro atoms. The monoisotopic (exact) mass is 284 g/mol. The molecular formula is C13H17BrO2. The van der Waals surface area contributed by atoms with E-state index in [0.717, 1.165) is 10.0 Å². The van der Waals surface area contributed by atoms with Crippen molar-refractivity contribution in [2.24, 2.45) is 0 Å². The zero-order chi connectivity index (χ0) is 12.2. The third-order valence-corrected chi connectivity index (χ3v) is 3.26. The van der Waals surface area contributed by atoms with Crippen LogP contribution in [-0.4, -0.2) is 18.0 Å². The molecule has 0 N–H and O–H groups in total. The van der Waals surface area contributed by atoms with Crippen molar-refractivity contribution >= 4 is 21.7 Å². The number of Topliss-reactive ketones (excluding diaryl/α,β-unsaturated/α-hetero) is 1. The van der Waals surface area contributed by atoms with Gasteiger partial charge in [-0.1, -0.05) is 34.1 Å². The van der Waals surface area contributed by atoms with Gasteiger partial charge in [0.05, 0.1) is 0 Å². The van der Waals surface area contributed by atoms with E-state index >= 15 is 0 Å². The van der Waals surface area contributed by atoms with Crippen LogP contribution in [0.5, 0.6) is 0 Å². The topological polar surface area (TPSA) is 26.3 Å². The zero-order valence-corrected chi connectivity index (χ0v) is 11.5. The van der Waals surface area contributed by atoms with Gasteiger partial charge >= 0.3 is 0 Å². The quantitative estimate of drug-likeness (QED) is 0.829. The Balaban J connectivity index is 2.75. The molecule has 88 valence electrons. The molecule has 3 heteroatoms. The second-order valence-electron chi connectivity index (χ2n) is 4.13. The molecule has 2 nitrogen and oxygen atoms in total. The van der Waals surface area contributed by atoms with Crippen LogP contribution in [0.2, 0.25) is 0 Å². The minimum absolute atomic E-state index is 0.0984. The maximum absolute atomic E-state index is 12.0. The molecule has 0 heterocycles. The first kappa shape index (κ1) is 13.4. The van der Waals surface area contributed by atoms with Crippen LogP contribution in [0.15, 0.2) is 28.7 Å². The minimum Gasteiger partial charge on any atom is -0.368 e. The summed E-state index contributed by atoms with van der Waals surface area (Å²) in [6.45, 7) is 6.08.